The molecule has 0 unspecified atom stereocenters. The summed E-state index contributed by atoms with van der Waals surface area (Å²) in [7, 11) is -2.88. The molecule has 2 fully saturated rings. The summed E-state index contributed by atoms with van der Waals surface area (Å²) >= 11 is 0. The fourth-order valence-corrected chi connectivity index (χ4v) is 3.87. The smallest absolute Gasteiger partial charge is 0.238 e. The van der Waals surface area contributed by atoms with E-state index in [4.69, 9.17) is 0 Å². The largest absolute Gasteiger partial charge is 0.369 e. The van der Waals surface area contributed by atoms with Gasteiger partial charge in [-0.3, -0.25) is 4.79 Å². The molecular weight excluding hydrogens is 385 g/mol. The van der Waals surface area contributed by atoms with Crippen LogP contribution in [0.5, 0.6) is 0 Å². The van der Waals surface area contributed by atoms with Crippen molar-refractivity contribution in [3.63, 3.8) is 0 Å². The predicted octanol–water partition coefficient (Wildman–Crippen LogP) is 1.70. The van der Waals surface area contributed by atoms with E-state index in [1.165, 1.54) is 12.8 Å². The highest BCUT2D eigenvalue weighted by Gasteiger charge is 2.22. The summed E-state index contributed by atoms with van der Waals surface area (Å²) in [5.41, 5.74) is 1.69. The molecule has 0 atom stereocenters. The van der Waals surface area contributed by atoms with Crippen LogP contribution in [0.15, 0.2) is 24.3 Å². The lowest BCUT2D eigenvalue weighted by molar-refractivity contribution is -0.115. The monoisotopic (exact) mass is 409 g/mol. The molecule has 25 heavy (non-hydrogen) atoms. The van der Waals surface area contributed by atoms with Gasteiger partial charge in [-0.05, 0) is 43.5 Å². The van der Waals surface area contributed by atoms with Gasteiger partial charge in [0.1, 0.15) is 0 Å². The van der Waals surface area contributed by atoms with Crippen LogP contribution in [0, 0.1) is 5.92 Å². The second-order valence-electron chi connectivity index (χ2n) is 6.31. The first-order valence-electron chi connectivity index (χ1n) is 8.08. The minimum absolute atomic E-state index is 0. The number of rotatable bonds is 6. The Balaban J connectivity index is 0.00000156. The van der Waals surface area contributed by atoms with Crippen LogP contribution in [-0.4, -0.2) is 52.0 Å². The Kier molecular flexibility index (Phi) is 8.47. The van der Waals surface area contributed by atoms with Gasteiger partial charge in [0.25, 0.3) is 0 Å². The van der Waals surface area contributed by atoms with E-state index < -0.39 is 9.84 Å². The van der Waals surface area contributed by atoms with Gasteiger partial charge < -0.3 is 15.5 Å². The molecule has 1 saturated carbocycles. The zero-order valence-electron chi connectivity index (χ0n) is 13.9. The number of nitrogens with zero attached hydrogens (tertiary/aromatic N) is 1. The first kappa shape index (κ1) is 22.0. The van der Waals surface area contributed by atoms with Gasteiger partial charge in [0.15, 0.2) is 9.84 Å². The van der Waals surface area contributed by atoms with Crippen molar-refractivity contribution in [1.82, 2.24) is 5.32 Å². The van der Waals surface area contributed by atoms with E-state index in [0.717, 1.165) is 23.8 Å². The van der Waals surface area contributed by atoms with E-state index in [2.05, 4.69) is 10.6 Å². The number of hydrogen-bond acceptors (Lipinski definition) is 5. The number of carbonyl (C=O) groups excluding carboxylic acids is 1. The third-order valence-electron chi connectivity index (χ3n) is 4.25. The number of nitrogens with one attached hydrogen (secondary N) is 2. The molecule has 6 nitrogen and oxygen atoms in total. The van der Waals surface area contributed by atoms with Gasteiger partial charge in [-0.2, -0.15) is 0 Å². The Morgan fingerprint density at radius 3 is 2.48 bits per heavy atom. The van der Waals surface area contributed by atoms with Gasteiger partial charge in [-0.1, -0.05) is 6.07 Å². The van der Waals surface area contributed by atoms with Crippen LogP contribution in [0.3, 0.4) is 0 Å². The Bertz CT molecular complexity index is 667. The Hall–Kier alpha value is -1.02. The summed E-state index contributed by atoms with van der Waals surface area (Å²) in [5, 5.41) is 6.05. The summed E-state index contributed by atoms with van der Waals surface area (Å²) in [4.78, 5) is 14.0. The molecule has 9 heteroatoms. The number of hydrogen-bond donors (Lipinski definition) is 2. The SMILES string of the molecule is Cl.Cl.O=C(CNCC1CC1)Nc1cccc(N2CCS(=O)(=O)CC2)c1. The topological polar surface area (TPSA) is 78.5 Å². The number of benzene rings is 1. The molecular formula is C16H25Cl2N3O3S. The molecule has 142 valence electrons. The van der Waals surface area contributed by atoms with E-state index in [1.807, 2.05) is 29.2 Å². The van der Waals surface area contributed by atoms with E-state index in [9.17, 15) is 13.2 Å². The standard InChI is InChI=1S/C16H23N3O3S.2ClH/c20-16(12-17-11-13-4-5-13)18-14-2-1-3-15(10-14)19-6-8-23(21,22)9-7-19;;/h1-3,10,13,17H,4-9,11-12H2,(H,18,20);2*1H. The van der Waals surface area contributed by atoms with Crippen molar-refractivity contribution in [3.05, 3.63) is 24.3 Å². The highest BCUT2D eigenvalue weighted by molar-refractivity contribution is 7.91. The Morgan fingerprint density at radius 2 is 1.84 bits per heavy atom. The lowest BCUT2D eigenvalue weighted by Crippen LogP contribution is -2.40. The van der Waals surface area contributed by atoms with Gasteiger partial charge >= 0.3 is 0 Å². The maximum Gasteiger partial charge on any atom is 0.238 e. The molecule has 3 rings (SSSR count). The van der Waals surface area contributed by atoms with Gasteiger partial charge in [0.2, 0.25) is 5.91 Å². The van der Waals surface area contributed by atoms with Gasteiger partial charge in [0.05, 0.1) is 18.1 Å². The summed E-state index contributed by atoms with van der Waals surface area (Å²) in [6.45, 7) is 2.24. The molecule has 0 spiro atoms. The highest BCUT2D eigenvalue weighted by Crippen LogP contribution is 2.27. The molecule has 1 aromatic carbocycles. The molecule has 0 radical (unpaired) electrons. The van der Waals surface area contributed by atoms with E-state index in [0.29, 0.717) is 19.6 Å². The second kappa shape index (κ2) is 9.62. The average molecular weight is 410 g/mol. The molecule has 2 aliphatic rings. The maximum atomic E-state index is 11.9. The zero-order chi connectivity index (χ0) is 16.3. The molecule has 2 N–H and O–H groups in total. The molecule has 1 amide bonds. The normalized spacial score (nSPS) is 18.6. The van der Waals surface area contributed by atoms with Crippen molar-refractivity contribution in [2.24, 2.45) is 5.92 Å². The Labute approximate surface area is 161 Å². The van der Waals surface area contributed by atoms with Crippen LogP contribution >= 0.6 is 24.8 Å². The quantitative estimate of drug-likeness (QED) is 0.747. The summed E-state index contributed by atoms with van der Waals surface area (Å²) in [6, 6.07) is 7.57. The number of amides is 1. The highest BCUT2D eigenvalue weighted by atomic mass is 35.5. The van der Waals surface area contributed by atoms with E-state index >= 15 is 0 Å². The summed E-state index contributed by atoms with van der Waals surface area (Å²) in [6.07, 6.45) is 2.53. The number of carbonyl (C=O) groups is 1. The molecule has 1 heterocycles. The minimum Gasteiger partial charge on any atom is -0.369 e. The Morgan fingerprint density at radius 1 is 1.16 bits per heavy atom. The lowest BCUT2D eigenvalue weighted by Gasteiger charge is -2.29. The fraction of sp³-hybridized carbons (Fsp3) is 0.562. The van der Waals surface area contributed by atoms with E-state index in [-0.39, 0.29) is 42.2 Å². The number of sulfone groups is 1. The number of halogens is 2. The van der Waals surface area contributed by atoms with Crippen molar-refractivity contribution in [1.29, 1.82) is 0 Å². The van der Waals surface area contributed by atoms with Crippen LogP contribution in [0.25, 0.3) is 0 Å². The molecule has 1 saturated heterocycles. The second-order valence-corrected chi connectivity index (χ2v) is 8.62. The van der Waals surface area contributed by atoms with E-state index in [1.54, 1.807) is 0 Å². The molecule has 0 aromatic heterocycles. The average Bonchev–Trinajstić information content (AvgIpc) is 3.32. The van der Waals surface area contributed by atoms with Gasteiger partial charge in [-0.25, -0.2) is 8.42 Å². The third kappa shape index (κ3) is 7.01. The first-order valence-corrected chi connectivity index (χ1v) is 9.90. The van der Waals surface area contributed by atoms with Crippen LogP contribution in [-0.2, 0) is 14.6 Å². The summed E-state index contributed by atoms with van der Waals surface area (Å²) in [5.74, 6) is 1.08. The van der Waals surface area contributed by atoms with Crippen LogP contribution in [0.4, 0.5) is 11.4 Å². The van der Waals surface area contributed by atoms with Crippen molar-refractivity contribution in [2.45, 2.75) is 12.8 Å². The van der Waals surface area contributed by atoms with Crippen LogP contribution < -0.4 is 15.5 Å². The minimum atomic E-state index is -2.88. The van der Waals surface area contributed by atoms with Crippen molar-refractivity contribution >= 4 is 51.9 Å². The van der Waals surface area contributed by atoms with Crippen LogP contribution in [0.2, 0.25) is 0 Å². The van der Waals surface area contributed by atoms with Crippen LogP contribution in [0.1, 0.15) is 12.8 Å². The predicted molar refractivity (Wildman–Crippen MR) is 106 cm³/mol. The molecule has 0 bridgehead atoms. The van der Waals surface area contributed by atoms with Crippen molar-refractivity contribution in [2.75, 3.05) is 47.9 Å². The van der Waals surface area contributed by atoms with Gasteiger partial charge in [-0.15, -0.1) is 24.8 Å². The van der Waals surface area contributed by atoms with Crippen molar-refractivity contribution < 1.29 is 13.2 Å². The lowest BCUT2D eigenvalue weighted by atomic mass is 10.2. The number of anilines is 2. The first-order chi connectivity index (χ1) is 11.0. The molecule has 1 aromatic rings. The molecule has 1 aliphatic carbocycles. The third-order valence-corrected chi connectivity index (χ3v) is 5.86. The maximum absolute atomic E-state index is 11.9. The van der Waals surface area contributed by atoms with Gasteiger partial charge in [0, 0.05) is 24.5 Å². The molecule has 1 aliphatic heterocycles. The fourth-order valence-electron chi connectivity index (χ4n) is 2.67. The summed E-state index contributed by atoms with van der Waals surface area (Å²) < 4.78 is 23.0. The zero-order valence-corrected chi connectivity index (χ0v) is 16.4. The van der Waals surface area contributed by atoms with Crippen molar-refractivity contribution in [3.8, 4) is 0 Å².